The highest BCUT2D eigenvalue weighted by molar-refractivity contribution is 5.89. The van der Waals surface area contributed by atoms with E-state index in [4.69, 9.17) is 4.74 Å². The fourth-order valence-electron chi connectivity index (χ4n) is 2.10. The molecule has 118 valence electrons. The summed E-state index contributed by atoms with van der Waals surface area (Å²) in [5, 5.41) is 15.4. The van der Waals surface area contributed by atoms with Crippen LogP contribution in [0.1, 0.15) is 29.5 Å². The highest BCUT2D eigenvalue weighted by atomic mass is 16.5. The minimum atomic E-state index is -0.414. The van der Waals surface area contributed by atoms with Gasteiger partial charge < -0.3 is 4.74 Å². The van der Waals surface area contributed by atoms with Gasteiger partial charge in [0.2, 0.25) is 0 Å². The van der Waals surface area contributed by atoms with Crippen molar-refractivity contribution < 1.29 is 9.53 Å². The molecule has 0 aliphatic carbocycles. The van der Waals surface area contributed by atoms with E-state index in [2.05, 4.69) is 20.6 Å². The summed E-state index contributed by atoms with van der Waals surface area (Å²) in [7, 11) is 0. The summed E-state index contributed by atoms with van der Waals surface area (Å²) in [6.07, 6.45) is 4.43. The molecule has 0 saturated heterocycles. The predicted molar refractivity (Wildman–Crippen MR) is 80.8 cm³/mol. The smallest absolute Gasteiger partial charge is 0.338 e. The van der Waals surface area contributed by atoms with Crippen molar-refractivity contribution in [3.8, 4) is 5.69 Å². The van der Waals surface area contributed by atoms with E-state index in [9.17, 15) is 4.79 Å². The Hall–Kier alpha value is -3.03. The van der Waals surface area contributed by atoms with E-state index in [-0.39, 0.29) is 6.61 Å². The van der Waals surface area contributed by atoms with E-state index in [1.165, 1.54) is 0 Å². The molecule has 3 aromatic rings. The first-order valence-electron chi connectivity index (χ1n) is 7.30. The van der Waals surface area contributed by atoms with Crippen LogP contribution in [-0.4, -0.2) is 36.0 Å². The molecule has 8 heteroatoms. The highest BCUT2D eigenvalue weighted by Gasteiger charge is 2.11. The van der Waals surface area contributed by atoms with E-state index in [0.717, 1.165) is 12.1 Å². The molecule has 0 aliphatic rings. The van der Waals surface area contributed by atoms with Crippen LogP contribution in [0.3, 0.4) is 0 Å². The maximum atomic E-state index is 12.1. The molecule has 0 bridgehead atoms. The number of esters is 1. The Kier molecular flexibility index (Phi) is 4.41. The Morgan fingerprint density at radius 3 is 2.78 bits per heavy atom. The molecular weight excluding hydrogens is 296 g/mol. The molecule has 0 unspecified atom stereocenters. The van der Waals surface area contributed by atoms with Crippen molar-refractivity contribution >= 4 is 5.97 Å². The number of ether oxygens (including phenoxy) is 1. The van der Waals surface area contributed by atoms with Gasteiger partial charge in [-0.25, -0.2) is 14.2 Å². The van der Waals surface area contributed by atoms with Crippen LogP contribution >= 0.6 is 0 Å². The summed E-state index contributed by atoms with van der Waals surface area (Å²) in [4.78, 5) is 12.1. The first-order valence-corrected chi connectivity index (χ1v) is 7.30. The van der Waals surface area contributed by atoms with Crippen LogP contribution in [0.5, 0.6) is 0 Å². The van der Waals surface area contributed by atoms with Gasteiger partial charge in [-0.1, -0.05) is 6.92 Å². The molecule has 0 spiro atoms. The summed E-state index contributed by atoms with van der Waals surface area (Å²) in [5.41, 5.74) is 1.34. The summed E-state index contributed by atoms with van der Waals surface area (Å²) < 4.78 is 8.61. The molecule has 3 rings (SSSR count). The third-order valence-electron chi connectivity index (χ3n) is 3.25. The van der Waals surface area contributed by atoms with Gasteiger partial charge in [0, 0.05) is 18.9 Å². The quantitative estimate of drug-likeness (QED) is 0.643. The van der Waals surface area contributed by atoms with Crippen LogP contribution in [-0.2, 0) is 17.9 Å². The maximum absolute atomic E-state index is 12.1. The Balaban J connectivity index is 1.63. The lowest BCUT2D eigenvalue weighted by Gasteiger charge is -2.06. The SMILES string of the molecule is CCCn1nnnc1COC(=O)c1ccc(-n2cccn2)cc1. The number of aromatic nitrogens is 6. The van der Waals surface area contributed by atoms with Crippen molar-refractivity contribution in [3.63, 3.8) is 0 Å². The Bertz CT molecular complexity index is 764. The minimum absolute atomic E-state index is 0.0484. The van der Waals surface area contributed by atoms with Gasteiger partial charge in [0.05, 0.1) is 11.3 Å². The van der Waals surface area contributed by atoms with Crippen molar-refractivity contribution in [2.24, 2.45) is 0 Å². The number of hydrogen-bond acceptors (Lipinski definition) is 6. The normalized spacial score (nSPS) is 10.7. The summed E-state index contributed by atoms with van der Waals surface area (Å²) in [5.74, 6) is 0.122. The second kappa shape index (κ2) is 6.82. The number of rotatable bonds is 6. The molecule has 0 amide bonds. The van der Waals surface area contributed by atoms with Crippen molar-refractivity contribution in [1.29, 1.82) is 0 Å². The largest absolute Gasteiger partial charge is 0.454 e. The fraction of sp³-hybridized carbons (Fsp3) is 0.267. The third-order valence-corrected chi connectivity index (χ3v) is 3.25. The van der Waals surface area contributed by atoms with Crippen molar-refractivity contribution in [2.75, 3.05) is 0 Å². The number of carbonyl (C=O) groups excluding carboxylic acids is 1. The van der Waals surface area contributed by atoms with Crippen molar-refractivity contribution in [3.05, 3.63) is 54.1 Å². The Morgan fingerprint density at radius 1 is 1.26 bits per heavy atom. The third kappa shape index (κ3) is 3.42. The number of hydrogen-bond donors (Lipinski definition) is 0. The molecule has 0 N–H and O–H groups in total. The molecule has 0 fully saturated rings. The van der Waals surface area contributed by atoms with Crippen LogP contribution in [0.15, 0.2) is 42.7 Å². The topological polar surface area (TPSA) is 87.7 Å². The molecule has 0 atom stereocenters. The van der Waals surface area contributed by atoms with Crippen LogP contribution in [0, 0.1) is 0 Å². The first-order chi connectivity index (χ1) is 11.3. The Labute approximate surface area is 132 Å². The van der Waals surface area contributed by atoms with Gasteiger partial charge in [-0.3, -0.25) is 0 Å². The van der Waals surface area contributed by atoms with Gasteiger partial charge in [0.15, 0.2) is 12.4 Å². The number of nitrogens with zero attached hydrogens (tertiary/aromatic N) is 6. The minimum Gasteiger partial charge on any atom is -0.454 e. The highest BCUT2D eigenvalue weighted by Crippen LogP contribution is 2.10. The predicted octanol–water partition coefficient (Wildman–Crippen LogP) is 1.63. The zero-order valence-electron chi connectivity index (χ0n) is 12.7. The average Bonchev–Trinajstić information content (AvgIpc) is 3.25. The molecular formula is C15H16N6O2. The van der Waals surface area contributed by atoms with Gasteiger partial charge in [-0.2, -0.15) is 5.10 Å². The summed E-state index contributed by atoms with van der Waals surface area (Å²) in [6, 6.07) is 8.86. The first kappa shape index (κ1) is 14.9. The van der Waals surface area contributed by atoms with E-state index in [1.807, 2.05) is 31.3 Å². The van der Waals surface area contributed by atoms with Gasteiger partial charge in [0.1, 0.15) is 0 Å². The maximum Gasteiger partial charge on any atom is 0.338 e. The molecule has 0 aliphatic heterocycles. The van der Waals surface area contributed by atoms with Crippen molar-refractivity contribution in [2.45, 2.75) is 26.5 Å². The van der Waals surface area contributed by atoms with E-state index in [1.54, 1.807) is 27.7 Å². The second-order valence-electron chi connectivity index (χ2n) is 4.89. The monoisotopic (exact) mass is 312 g/mol. The Morgan fingerprint density at radius 2 is 2.09 bits per heavy atom. The molecule has 2 aromatic heterocycles. The van der Waals surface area contributed by atoms with E-state index >= 15 is 0 Å². The van der Waals surface area contributed by atoms with Gasteiger partial charge in [-0.15, -0.1) is 5.10 Å². The lowest BCUT2D eigenvalue weighted by molar-refractivity contribution is 0.0456. The van der Waals surface area contributed by atoms with Gasteiger partial charge in [-0.05, 0) is 47.2 Å². The van der Waals surface area contributed by atoms with E-state index in [0.29, 0.717) is 17.9 Å². The van der Waals surface area contributed by atoms with E-state index < -0.39 is 5.97 Å². The molecule has 23 heavy (non-hydrogen) atoms. The molecule has 0 saturated carbocycles. The van der Waals surface area contributed by atoms with Gasteiger partial charge in [0.25, 0.3) is 0 Å². The number of aryl methyl sites for hydroxylation is 1. The molecule has 8 nitrogen and oxygen atoms in total. The van der Waals surface area contributed by atoms with Gasteiger partial charge >= 0.3 is 5.97 Å². The van der Waals surface area contributed by atoms with Crippen LogP contribution < -0.4 is 0 Å². The number of tetrazole rings is 1. The number of carbonyl (C=O) groups is 1. The second-order valence-corrected chi connectivity index (χ2v) is 4.89. The fourth-order valence-corrected chi connectivity index (χ4v) is 2.10. The summed E-state index contributed by atoms with van der Waals surface area (Å²) >= 11 is 0. The lowest BCUT2D eigenvalue weighted by atomic mass is 10.2. The summed E-state index contributed by atoms with van der Waals surface area (Å²) in [6.45, 7) is 2.77. The zero-order valence-corrected chi connectivity index (χ0v) is 12.7. The van der Waals surface area contributed by atoms with Crippen LogP contribution in [0.4, 0.5) is 0 Å². The average molecular weight is 312 g/mol. The standard InChI is InChI=1S/C15H16N6O2/c1-2-9-21-14(17-18-19-21)11-23-15(22)12-4-6-13(7-5-12)20-10-3-8-16-20/h3-8,10H,2,9,11H2,1H3. The lowest BCUT2D eigenvalue weighted by Crippen LogP contribution is -2.11. The molecule has 2 heterocycles. The zero-order chi connectivity index (χ0) is 16.1. The molecule has 1 aromatic carbocycles. The van der Waals surface area contributed by atoms with Crippen LogP contribution in [0.25, 0.3) is 5.69 Å². The molecule has 0 radical (unpaired) electrons. The van der Waals surface area contributed by atoms with Crippen LogP contribution in [0.2, 0.25) is 0 Å². The number of benzene rings is 1. The van der Waals surface area contributed by atoms with Crippen molar-refractivity contribution in [1.82, 2.24) is 30.0 Å².